The summed E-state index contributed by atoms with van der Waals surface area (Å²) < 4.78 is 6.32. The number of rotatable bonds is 3. The zero-order chi connectivity index (χ0) is 15.5. The van der Waals surface area contributed by atoms with Gasteiger partial charge in [-0.05, 0) is 36.0 Å². The lowest BCUT2D eigenvalue weighted by atomic mass is 10.2. The number of carbonyl (C=O) groups is 1. The third kappa shape index (κ3) is 3.55. The first-order chi connectivity index (χ1) is 10.6. The van der Waals surface area contributed by atoms with Crippen LogP contribution in [0.1, 0.15) is 5.56 Å². The molecule has 0 atom stereocenters. The van der Waals surface area contributed by atoms with Crippen LogP contribution in [0.4, 0.5) is 0 Å². The largest absolute Gasteiger partial charge is 0.379 e. The van der Waals surface area contributed by atoms with E-state index in [1.54, 1.807) is 4.90 Å². The predicted molar refractivity (Wildman–Crippen MR) is 92.0 cm³/mol. The van der Waals surface area contributed by atoms with Crippen LogP contribution in [0.15, 0.2) is 34.4 Å². The maximum Gasteiger partial charge on any atom is 0.277 e. The van der Waals surface area contributed by atoms with E-state index in [4.69, 9.17) is 17.0 Å². The number of hydrogen-bond donors (Lipinski definition) is 1. The van der Waals surface area contributed by atoms with Gasteiger partial charge in [0.2, 0.25) is 0 Å². The van der Waals surface area contributed by atoms with Crippen molar-refractivity contribution in [2.45, 2.75) is 0 Å². The van der Waals surface area contributed by atoms with Crippen molar-refractivity contribution in [2.75, 3.05) is 33.0 Å². The van der Waals surface area contributed by atoms with Crippen molar-refractivity contribution >= 4 is 45.2 Å². The molecule has 1 aromatic carbocycles. The van der Waals surface area contributed by atoms with Crippen molar-refractivity contribution in [3.8, 4) is 0 Å². The first-order valence-electron chi connectivity index (χ1n) is 7.04. The second-order valence-electron chi connectivity index (χ2n) is 5.14. The van der Waals surface area contributed by atoms with Crippen LogP contribution in [0.2, 0.25) is 0 Å². The van der Waals surface area contributed by atoms with E-state index in [9.17, 15) is 4.79 Å². The summed E-state index contributed by atoms with van der Waals surface area (Å²) in [5, 5.41) is 3.46. The van der Waals surface area contributed by atoms with Crippen LogP contribution in [-0.2, 0) is 9.53 Å². The lowest BCUT2D eigenvalue weighted by Gasteiger charge is -2.29. The van der Waals surface area contributed by atoms with E-state index < -0.39 is 0 Å². The summed E-state index contributed by atoms with van der Waals surface area (Å²) in [6, 6.07) is 7.77. The van der Waals surface area contributed by atoms with Crippen molar-refractivity contribution in [3.05, 3.63) is 40.0 Å². The molecule has 2 saturated heterocycles. The molecule has 116 valence electrons. The summed E-state index contributed by atoms with van der Waals surface area (Å²) in [7, 11) is 0. The molecule has 0 unspecified atom stereocenters. The molecule has 22 heavy (non-hydrogen) atoms. The van der Waals surface area contributed by atoms with Gasteiger partial charge in [0, 0.05) is 17.6 Å². The number of morpholine rings is 1. The van der Waals surface area contributed by atoms with Gasteiger partial charge in [-0.25, -0.2) is 0 Å². The van der Waals surface area contributed by atoms with E-state index in [-0.39, 0.29) is 5.91 Å². The van der Waals surface area contributed by atoms with E-state index in [1.165, 1.54) is 0 Å². The quantitative estimate of drug-likeness (QED) is 0.638. The van der Waals surface area contributed by atoms with Gasteiger partial charge in [0.05, 0.1) is 19.9 Å². The Kier molecular flexibility index (Phi) is 4.87. The molecule has 3 rings (SSSR count). The van der Waals surface area contributed by atoms with Gasteiger partial charge in [-0.1, -0.05) is 28.1 Å². The molecule has 1 N–H and O–H groups in total. The molecule has 0 aliphatic carbocycles. The molecule has 5 nitrogen and oxygen atoms in total. The van der Waals surface area contributed by atoms with Crippen molar-refractivity contribution in [2.24, 2.45) is 0 Å². The second-order valence-corrected chi connectivity index (χ2v) is 6.45. The Balaban J connectivity index is 1.71. The van der Waals surface area contributed by atoms with Gasteiger partial charge < -0.3 is 10.1 Å². The number of nitrogens with one attached hydrogen (secondary N) is 1. The lowest BCUT2D eigenvalue weighted by Crippen LogP contribution is -2.46. The number of nitrogens with zero attached hydrogens (tertiary/aromatic N) is 2. The van der Waals surface area contributed by atoms with Crippen molar-refractivity contribution < 1.29 is 9.53 Å². The normalized spacial score (nSPS) is 21.5. The highest BCUT2D eigenvalue weighted by Crippen LogP contribution is 2.17. The van der Waals surface area contributed by atoms with Crippen LogP contribution in [0.5, 0.6) is 0 Å². The van der Waals surface area contributed by atoms with Crippen molar-refractivity contribution in [1.29, 1.82) is 0 Å². The SMILES string of the molecule is O=C1/C(=C\c2ccc(Br)cc2)NC(=S)N1CN1CCOCC1. The minimum absolute atomic E-state index is 0.0839. The van der Waals surface area contributed by atoms with E-state index in [2.05, 4.69) is 26.1 Å². The van der Waals surface area contributed by atoms with E-state index in [1.807, 2.05) is 30.3 Å². The first kappa shape index (κ1) is 15.6. The second kappa shape index (κ2) is 6.87. The Morgan fingerprint density at radius 1 is 1.27 bits per heavy atom. The van der Waals surface area contributed by atoms with E-state index >= 15 is 0 Å². The molecule has 7 heteroatoms. The summed E-state index contributed by atoms with van der Waals surface area (Å²) >= 11 is 8.68. The Hall–Kier alpha value is -1.28. The maximum absolute atomic E-state index is 12.5. The summed E-state index contributed by atoms with van der Waals surface area (Å²) in [5.74, 6) is -0.0839. The summed E-state index contributed by atoms with van der Waals surface area (Å²) in [6.45, 7) is 3.54. The Bertz CT molecular complexity index is 612. The number of carbonyl (C=O) groups excluding carboxylic acids is 1. The lowest BCUT2D eigenvalue weighted by molar-refractivity contribution is -0.124. The molecule has 1 aromatic rings. The third-order valence-corrected chi connectivity index (χ3v) is 4.44. The Morgan fingerprint density at radius 3 is 2.64 bits per heavy atom. The maximum atomic E-state index is 12.5. The van der Waals surface area contributed by atoms with Crippen LogP contribution in [0.25, 0.3) is 6.08 Å². The van der Waals surface area contributed by atoms with Crippen LogP contribution in [-0.4, -0.2) is 53.8 Å². The average molecular weight is 382 g/mol. The fourth-order valence-corrected chi connectivity index (χ4v) is 2.88. The zero-order valence-corrected chi connectivity index (χ0v) is 14.3. The standard InChI is InChI=1S/C15H16BrN3O2S/c16-12-3-1-11(2-4-12)9-13-14(20)19(15(22)17-13)10-18-5-7-21-8-6-18/h1-4,9H,5-8,10H2,(H,17,22)/b13-9+. The number of halogens is 1. The van der Waals surface area contributed by atoms with Gasteiger partial charge in [0.1, 0.15) is 5.70 Å². The highest BCUT2D eigenvalue weighted by Gasteiger charge is 2.32. The molecular weight excluding hydrogens is 366 g/mol. The van der Waals surface area contributed by atoms with Crippen molar-refractivity contribution in [3.63, 3.8) is 0 Å². The molecule has 1 amide bonds. The summed E-state index contributed by atoms with van der Waals surface area (Å²) in [4.78, 5) is 16.3. The Morgan fingerprint density at radius 2 is 1.95 bits per heavy atom. The van der Waals surface area contributed by atoms with Gasteiger partial charge in [-0.2, -0.15) is 0 Å². The number of amides is 1. The van der Waals surface area contributed by atoms with Crippen LogP contribution in [0.3, 0.4) is 0 Å². The van der Waals surface area contributed by atoms with E-state index in [0.29, 0.717) is 30.7 Å². The number of ether oxygens (including phenoxy) is 1. The van der Waals surface area contributed by atoms with Gasteiger partial charge in [-0.3, -0.25) is 14.6 Å². The smallest absolute Gasteiger partial charge is 0.277 e. The van der Waals surface area contributed by atoms with Crippen LogP contribution >= 0.6 is 28.1 Å². The first-order valence-corrected chi connectivity index (χ1v) is 8.24. The molecule has 2 heterocycles. The summed E-state index contributed by atoms with van der Waals surface area (Å²) in [6.07, 6.45) is 1.82. The van der Waals surface area contributed by atoms with Crippen molar-refractivity contribution in [1.82, 2.24) is 15.1 Å². The molecule has 2 aliphatic heterocycles. The average Bonchev–Trinajstić information content (AvgIpc) is 2.78. The fraction of sp³-hybridized carbons (Fsp3) is 0.333. The predicted octanol–water partition coefficient (Wildman–Crippen LogP) is 1.80. The van der Waals surface area contributed by atoms with E-state index in [0.717, 1.165) is 23.1 Å². The van der Waals surface area contributed by atoms with Crippen LogP contribution < -0.4 is 5.32 Å². The molecule has 0 saturated carbocycles. The monoisotopic (exact) mass is 381 g/mol. The number of thiocarbonyl (C=S) groups is 1. The molecule has 0 aromatic heterocycles. The molecular formula is C15H16BrN3O2S. The highest BCUT2D eigenvalue weighted by molar-refractivity contribution is 9.10. The highest BCUT2D eigenvalue weighted by atomic mass is 79.9. The number of benzene rings is 1. The van der Waals surface area contributed by atoms with Gasteiger partial charge in [-0.15, -0.1) is 0 Å². The topological polar surface area (TPSA) is 44.8 Å². The molecule has 0 radical (unpaired) electrons. The van der Waals surface area contributed by atoms with Gasteiger partial charge >= 0.3 is 0 Å². The third-order valence-electron chi connectivity index (χ3n) is 3.59. The van der Waals surface area contributed by atoms with Gasteiger partial charge in [0.15, 0.2) is 5.11 Å². The summed E-state index contributed by atoms with van der Waals surface area (Å²) in [5.41, 5.74) is 1.47. The molecule has 0 spiro atoms. The minimum Gasteiger partial charge on any atom is -0.379 e. The fourth-order valence-electron chi connectivity index (χ4n) is 2.37. The zero-order valence-electron chi connectivity index (χ0n) is 11.9. The van der Waals surface area contributed by atoms with Crippen LogP contribution in [0, 0.1) is 0 Å². The molecule has 2 aliphatic rings. The minimum atomic E-state index is -0.0839. The number of hydrogen-bond acceptors (Lipinski definition) is 4. The Labute approximate surface area is 143 Å². The molecule has 0 bridgehead atoms. The molecule has 2 fully saturated rings. The van der Waals surface area contributed by atoms with Gasteiger partial charge in [0.25, 0.3) is 5.91 Å².